The molecular formula is C10H21O2S+. The van der Waals surface area contributed by atoms with E-state index in [1.165, 1.54) is 25.7 Å². The zero-order valence-corrected chi connectivity index (χ0v) is 9.53. The summed E-state index contributed by atoms with van der Waals surface area (Å²) in [6.07, 6.45) is 4.71. The molecule has 0 aliphatic carbocycles. The summed E-state index contributed by atoms with van der Waals surface area (Å²) >= 11 is 0. The van der Waals surface area contributed by atoms with Gasteiger partial charge in [0.2, 0.25) is 5.75 Å². The number of rotatable bonds is 8. The van der Waals surface area contributed by atoms with E-state index < -0.39 is 5.97 Å². The quantitative estimate of drug-likeness (QED) is 0.617. The van der Waals surface area contributed by atoms with Crippen LogP contribution in [-0.4, -0.2) is 28.3 Å². The molecule has 1 N–H and O–H groups in total. The maximum atomic E-state index is 10.5. The van der Waals surface area contributed by atoms with Crippen molar-refractivity contribution in [3.05, 3.63) is 0 Å². The minimum absolute atomic E-state index is 0.146. The minimum Gasteiger partial charge on any atom is -0.478 e. The highest BCUT2D eigenvalue weighted by molar-refractivity contribution is 7.97. The maximum absolute atomic E-state index is 10.5. The Morgan fingerprint density at radius 2 is 1.62 bits per heavy atom. The minimum atomic E-state index is -0.629. The number of carboxylic acids is 1. The molecule has 3 heteroatoms. The van der Waals surface area contributed by atoms with E-state index in [9.17, 15) is 4.79 Å². The molecule has 13 heavy (non-hydrogen) atoms. The van der Waals surface area contributed by atoms with Crippen LogP contribution in [0.5, 0.6) is 0 Å². The molecule has 0 aliphatic heterocycles. The van der Waals surface area contributed by atoms with Gasteiger partial charge in [0.25, 0.3) is 0 Å². The largest absolute Gasteiger partial charge is 0.478 e. The smallest absolute Gasteiger partial charge is 0.353 e. The zero-order valence-electron chi connectivity index (χ0n) is 8.71. The molecule has 0 aromatic rings. The Morgan fingerprint density at radius 3 is 1.92 bits per heavy atom. The number of hydrogen-bond acceptors (Lipinski definition) is 1. The molecule has 78 valence electrons. The SMILES string of the molecule is CCCC[S+](CCCC)CC(=O)O. The van der Waals surface area contributed by atoms with Gasteiger partial charge in [-0.05, 0) is 23.7 Å². The molecule has 0 rings (SSSR count). The van der Waals surface area contributed by atoms with Gasteiger partial charge >= 0.3 is 5.97 Å². The Labute approximate surface area is 84.1 Å². The number of hydrogen-bond donors (Lipinski definition) is 1. The van der Waals surface area contributed by atoms with Gasteiger partial charge in [-0.3, -0.25) is 0 Å². The van der Waals surface area contributed by atoms with Gasteiger partial charge in [0, 0.05) is 0 Å². The summed E-state index contributed by atoms with van der Waals surface area (Å²) in [5, 5.41) is 8.69. The molecular weight excluding hydrogens is 184 g/mol. The molecule has 2 nitrogen and oxygen atoms in total. The normalized spacial score (nSPS) is 10.7. The Balaban J connectivity index is 3.66. The molecule has 0 bridgehead atoms. The summed E-state index contributed by atoms with van der Waals surface area (Å²) < 4.78 is 0. The van der Waals surface area contributed by atoms with Gasteiger partial charge in [-0.15, -0.1) is 0 Å². The molecule has 0 amide bonds. The highest BCUT2D eigenvalue weighted by Gasteiger charge is 2.20. The number of carboxylic acid groups (broad SMARTS) is 1. The van der Waals surface area contributed by atoms with Gasteiger partial charge in [-0.25, -0.2) is 4.79 Å². The lowest BCUT2D eigenvalue weighted by Crippen LogP contribution is -2.22. The molecule has 0 saturated heterocycles. The Morgan fingerprint density at radius 1 is 1.15 bits per heavy atom. The van der Waals surface area contributed by atoms with Crippen LogP contribution in [0.25, 0.3) is 0 Å². The average molecular weight is 205 g/mol. The Hall–Kier alpha value is -0.180. The fraction of sp³-hybridized carbons (Fsp3) is 0.900. The monoisotopic (exact) mass is 205 g/mol. The maximum Gasteiger partial charge on any atom is 0.353 e. The van der Waals surface area contributed by atoms with Crippen LogP contribution >= 0.6 is 0 Å². The molecule has 0 radical (unpaired) electrons. The second-order valence-corrected chi connectivity index (χ2v) is 5.60. The van der Waals surface area contributed by atoms with Crippen LogP contribution in [-0.2, 0) is 15.7 Å². The fourth-order valence-corrected chi connectivity index (χ4v) is 3.35. The summed E-state index contributed by atoms with van der Waals surface area (Å²) in [5.41, 5.74) is 0. The predicted molar refractivity (Wildman–Crippen MR) is 59.4 cm³/mol. The predicted octanol–water partition coefficient (Wildman–Crippen LogP) is 2.29. The fourth-order valence-electron chi connectivity index (χ4n) is 1.12. The van der Waals surface area contributed by atoms with Crippen molar-refractivity contribution in [2.24, 2.45) is 0 Å². The molecule has 0 aromatic carbocycles. The highest BCUT2D eigenvalue weighted by Crippen LogP contribution is 2.05. The van der Waals surface area contributed by atoms with Crippen molar-refractivity contribution in [3.8, 4) is 0 Å². The van der Waals surface area contributed by atoms with Crippen LogP contribution in [0.4, 0.5) is 0 Å². The van der Waals surface area contributed by atoms with Crippen molar-refractivity contribution in [1.29, 1.82) is 0 Å². The summed E-state index contributed by atoms with van der Waals surface area (Å²) in [7, 11) is 0.146. The van der Waals surface area contributed by atoms with E-state index >= 15 is 0 Å². The third kappa shape index (κ3) is 8.16. The van der Waals surface area contributed by atoms with Crippen molar-refractivity contribution in [3.63, 3.8) is 0 Å². The van der Waals surface area contributed by atoms with E-state index in [4.69, 9.17) is 5.11 Å². The number of unbranched alkanes of at least 4 members (excludes halogenated alkanes) is 2. The lowest BCUT2D eigenvalue weighted by molar-refractivity contribution is -0.133. The van der Waals surface area contributed by atoms with E-state index in [1.54, 1.807) is 0 Å². The van der Waals surface area contributed by atoms with Gasteiger partial charge in [0.05, 0.1) is 0 Å². The molecule has 0 saturated carbocycles. The second-order valence-electron chi connectivity index (χ2n) is 3.27. The van der Waals surface area contributed by atoms with E-state index in [1.807, 2.05) is 0 Å². The number of aliphatic carboxylic acids is 1. The Kier molecular flexibility index (Phi) is 8.30. The van der Waals surface area contributed by atoms with E-state index in [0.29, 0.717) is 5.75 Å². The first-order valence-electron chi connectivity index (χ1n) is 5.06. The van der Waals surface area contributed by atoms with Crippen LogP contribution in [0.3, 0.4) is 0 Å². The number of carbonyl (C=O) groups is 1. The van der Waals surface area contributed by atoms with Gasteiger partial charge in [0.15, 0.2) is 0 Å². The zero-order chi connectivity index (χ0) is 10.1. The first-order valence-corrected chi connectivity index (χ1v) is 6.79. The molecule has 0 spiro atoms. The summed E-state index contributed by atoms with van der Waals surface area (Å²) in [4.78, 5) is 10.5. The van der Waals surface area contributed by atoms with Crippen molar-refractivity contribution in [1.82, 2.24) is 0 Å². The van der Waals surface area contributed by atoms with Crippen LogP contribution in [0, 0.1) is 0 Å². The molecule has 0 atom stereocenters. The van der Waals surface area contributed by atoms with Crippen molar-refractivity contribution < 1.29 is 9.90 Å². The molecule has 0 aliphatic rings. The standard InChI is InChI=1S/C10H20O2S/c1-3-5-7-13(8-6-4-2)9-10(11)12/h3-9H2,1-2H3/p+1. The lowest BCUT2D eigenvalue weighted by atomic mass is 10.4. The van der Waals surface area contributed by atoms with Crippen LogP contribution in [0.1, 0.15) is 39.5 Å². The second kappa shape index (κ2) is 8.42. The van der Waals surface area contributed by atoms with Crippen molar-refractivity contribution in [2.75, 3.05) is 17.3 Å². The van der Waals surface area contributed by atoms with Gasteiger partial charge in [0.1, 0.15) is 11.5 Å². The van der Waals surface area contributed by atoms with Gasteiger partial charge in [-0.1, -0.05) is 26.7 Å². The molecule has 0 heterocycles. The van der Waals surface area contributed by atoms with Gasteiger partial charge < -0.3 is 5.11 Å². The van der Waals surface area contributed by atoms with Crippen LogP contribution in [0.2, 0.25) is 0 Å². The molecule has 0 aromatic heterocycles. The van der Waals surface area contributed by atoms with Crippen molar-refractivity contribution in [2.45, 2.75) is 39.5 Å². The third-order valence-corrected chi connectivity index (χ3v) is 4.29. The highest BCUT2D eigenvalue weighted by atomic mass is 32.2. The summed E-state index contributed by atoms with van der Waals surface area (Å²) in [6.45, 7) is 4.31. The van der Waals surface area contributed by atoms with Crippen LogP contribution in [0.15, 0.2) is 0 Å². The average Bonchev–Trinajstić information content (AvgIpc) is 2.09. The molecule has 0 fully saturated rings. The molecule has 0 unspecified atom stereocenters. The van der Waals surface area contributed by atoms with E-state index in [-0.39, 0.29) is 10.9 Å². The summed E-state index contributed by atoms with van der Waals surface area (Å²) in [5.74, 6) is 1.99. The first-order chi connectivity index (χ1) is 6.20. The van der Waals surface area contributed by atoms with Crippen LogP contribution < -0.4 is 0 Å². The Bertz CT molecular complexity index is 129. The topological polar surface area (TPSA) is 37.3 Å². The lowest BCUT2D eigenvalue weighted by Gasteiger charge is -2.04. The van der Waals surface area contributed by atoms with Crippen molar-refractivity contribution >= 4 is 16.9 Å². The van der Waals surface area contributed by atoms with Gasteiger partial charge in [-0.2, -0.15) is 0 Å². The van der Waals surface area contributed by atoms with E-state index in [2.05, 4.69) is 13.8 Å². The van der Waals surface area contributed by atoms with E-state index in [0.717, 1.165) is 11.5 Å². The first kappa shape index (κ1) is 12.8. The third-order valence-electron chi connectivity index (χ3n) is 1.90. The summed E-state index contributed by atoms with van der Waals surface area (Å²) in [6, 6.07) is 0.